The van der Waals surface area contributed by atoms with Gasteiger partial charge in [-0.15, -0.1) is 0 Å². The molecule has 0 saturated heterocycles. The third-order valence-electron chi connectivity index (χ3n) is 8.41. The molecule has 18 heteroatoms. The molecular formula is C28H34F12O6. The first-order valence-corrected chi connectivity index (χ1v) is 14.1. The van der Waals surface area contributed by atoms with Crippen molar-refractivity contribution in [2.45, 2.75) is 107 Å². The molecule has 2 rings (SSSR count). The zero-order valence-corrected chi connectivity index (χ0v) is 24.5. The van der Waals surface area contributed by atoms with E-state index in [1.807, 2.05) is 0 Å². The van der Waals surface area contributed by atoms with Crippen LogP contribution in [0, 0.1) is 17.8 Å². The minimum absolute atomic E-state index is 0.0110. The van der Waals surface area contributed by atoms with Gasteiger partial charge in [0.05, 0.1) is 18.8 Å². The van der Waals surface area contributed by atoms with Gasteiger partial charge in [0.2, 0.25) is 0 Å². The van der Waals surface area contributed by atoms with Crippen LogP contribution in [0.3, 0.4) is 0 Å². The molecule has 2 saturated carbocycles. The van der Waals surface area contributed by atoms with E-state index in [0.717, 1.165) is 0 Å². The molecule has 0 aromatic carbocycles. The molecule has 0 radical (unpaired) electrons. The van der Waals surface area contributed by atoms with Crippen LogP contribution < -0.4 is 0 Å². The summed E-state index contributed by atoms with van der Waals surface area (Å²) < 4.78 is 177. The van der Waals surface area contributed by atoms with Gasteiger partial charge in [-0.1, -0.05) is 13.2 Å². The minimum atomic E-state index is -6.00. The van der Waals surface area contributed by atoms with E-state index >= 15 is 0 Å². The van der Waals surface area contributed by atoms with E-state index in [9.17, 15) is 67.4 Å². The van der Waals surface area contributed by atoms with Crippen LogP contribution in [0.1, 0.15) is 64.7 Å². The molecule has 2 aliphatic rings. The molecule has 1 N–H and O–H groups in total. The Kier molecular flexibility index (Phi) is 12.3. The Morgan fingerprint density at radius 1 is 0.696 bits per heavy atom. The molecule has 0 bridgehead atoms. The Morgan fingerprint density at radius 2 is 1.15 bits per heavy atom. The molecule has 0 aromatic rings. The summed E-state index contributed by atoms with van der Waals surface area (Å²) in [5.41, 5.74) is -10.5. The second-order valence-corrected chi connectivity index (χ2v) is 11.8. The highest BCUT2D eigenvalue weighted by molar-refractivity contribution is 5.88. The number of hydrogen-bond acceptors (Lipinski definition) is 6. The predicted octanol–water partition coefficient (Wildman–Crippen LogP) is 7.70. The van der Waals surface area contributed by atoms with Crippen LogP contribution in [0.4, 0.5) is 52.7 Å². The Morgan fingerprint density at radius 3 is 1.57 bits per heavy atom. The fourth-order valence-corrected chi connectivity index (χ4v) is 5.71. The number of hydrogen-bond donors (Lipinski definition) is 1. The number of alkyl halides is 12. The molecule has 6 nitrogen and oxygen atoms in total. The molecule has 266 valence electrons. The maximum absolute atomic E-state index is 14.1. The van der Waals surface area contributed by atoms with Crippen molar-refractivity contribution in [2.24, 2.45) is 17.8 Å². The highest BCUT2D eigenvalue weighted by Crippen LogP contribution is 2.54. The summed E-state index contributed by atoms with van der Waals surface area (Å²) in [4.78, 5) is 24.0. The lowest BCUT2D eigenvalue weighted by atomic mass is 9.74. The first-order valence-electron chi connectivity index (χ1n) is 14.1. The van der Waals surface area contributed by atoms with E-state index in [1.54, 1.807) is 0 Å². The van der Waals surface area contributed by atoms with Crippen LogP contribution in [0.5, 0.6) is 0 Å². The Balaban J connectivity index is 1.99. The zero-order chi connectivity index (χ0) is 35.5. The quantitative estimate of drug-likeness (QED) is 0.136. The van der Waals surface area contributed by atoms with Crippen molar-refractivity contribution in [3.8, 4) is 0 Å². The molecule has 0 amide bonds. The van der Waals surface area contributed by atoms with Gasteiger partial charge in [0, 0.05) is 11.5 Å². The van der Waals surface area contributed by atoms with Gasteiger partial charge in [-0.25, -0.2) is 9.59 Å². The Bertz CT molecular complexity index is 1060. The molecular weight excluding hydrogens is 660 g/mol. The number of halogens is 12. The third-order valence-corrected chi connectivity index (χ3v) is 8.41. The lowest BCUT2D eigenvalue weighted by molar-refractivity contribution is -0.398. The van der Waals surface area contributed by atoms with Crippen LogP contribution >= 0.6 is 0 Å². The maximum atomic E-state index is 14.1. The molecule has 0 aliphatic heterocycles. The average molecular weight is 695 g/mol. The Hall–Kier alpha value is -2.50. The highest BCUT2D eigenvalue weighted by Gasteiger charge is 2.75. The first kappa shape index (κ1) is 39.7. The summed E-state index contributed by atoms with van der Waals surface area (Å²) in [7, 11) is 0. The summed E-state index contributed by atoms with van der Waals surface area (Å²) in [5.74, 6) is -6.22. The van der Waals surface area contributed by atoms with Gasteiger partial charge < -0.3 is 19.3 Å². The van der Waals surface area contributed by atoms with Crippen molar-refractivity contribution in [1.82, 2.24) is 0 Å². The fourth-order valence-electron chi connectivity index (χ4n) is 5.71. The predicted molar refractivity (Wildman–Crippen MR) is 135 cm³/mol. The average Bonchev–Trinajstić information content (AvgIpc) is 2.90. The number of carbonyl (C=O) groups is 2. The number of carbonyl (C=O) groups excluding carboxylic acids is 2. The lowest BCUT2D eigenvalue weighted by Crippen LogP contribution is -2.64. The molecule has 0 aromatic heterocycles. The van der Waals surface area contributed by atoms with Crippen molar-refractivity contribution in [3.63, 3.8) is 0 Å². The summed E-state index contributed by atoms with van der Waals surface area (Å²) in [5, 5.41) is 9.39. The highest BCUT2D eigenvalue weighted by atomic mass is 19.4. The smallest absolute Gasteiger partial charge is 0.426 e. The summed E-state index contributed by atoms with van der Waals surface area (Å²) >= 11 is 0. The van der Waals surface area contributed by atoms with E-state index in [4.69, 9.17) is 9.47 Å². The summed E-state index contributed by atoms with van der Waals surface area (Å²) in [6, 6.07) is 0. The van der Waals surface area contributed by atoms with Gasteiger partial charge in [0.25, 0.3) is 11.2 Å². The van der Waals surface area contributed by atoms with Gasteiger partial charge in [0.1, 0.15) is 6.10 Å². The van der Waals surface area contributed by atoms with Crippen LogP contribution in [0.2, 0.25) is 0 Å². The lowest BCUT2D eigenvalue weighted by Gasteiger charge is -2.45. The molecule has 46 heavy (non-hydrogen) atoms. The second-order valence-electron chi connectivity index (χ2n) is 11.8. The minimum Gasteiger partial charge on any atom is -0.462 e. The van der Waals surface area contributed by atoms with Crippen molar-refractivity contribution in [2.75, 3.05) is 13.2 Å². The normalized spacial score (nSPS) is 23.9. The number of rotatable bonds is 11. The van der Waals surface area contributed by atoms with Gasteiger partial charge in [-0.05, 0) is 76.5 Å². The van der Waals surface area contributed by atoms with Crippen molar-refractivity contribution in [1.29, 1.82) is 0 Å². The van der Waals surface area contributed by atoms with E-state index in [1.165, 1.54) is 6.92 Å². The second kappa shape index (κ2) is 14.3. The van der Waals surface area contributed by atoms with Crippen molar-refractivity contribution < 1.29 is 81.6 Å². The molecule has 2 aliphatic carbocycles. The standard InChI is InChI=1S/C28H34F12O6/c1-15(2)21(41)46-20-10-8-19(9-11-20)24(27(35,36)37,28(38,39)40)45-13-16(3)22(42)44-14-18-6-4-17(5-7-18)12-23(43,25(29,30)31)26(32,33)34/h17-20,43H,1,3-14H2,2H3. The monoisotopic (exact) mass is 694 g/mol. The largest absolute Gasteiger partial charge is 0.462 e. The van der Waals surface area contributed by atoms with Gasteiger partial charge in [-0.3, -0.25) is 0 Å². The molecule has 2 fully saturated rings. The number of ether oxygens (including phenoxy) is 3. The number of aliphatic hydroxyl groups is 1. The van der Waals surface area contributed by atoms with E-state index in [-0.39, 0.29) is 44.1 Å². The van der Waals surface area contributed by atoms with E-state index in [2.05, 4.69) is 17.9 Å². The van der Waals surface area contributed by atoms with E-state index in [0.29, 0.717) is 0 Å². The van der Waals surface area contributed by atoms with Gasteiger partial charge >= 0.3 is 36.6 Å². The molecule has 0 unspecified atom stereocenters. The summed E-state index contributed by atoms with van der Waals surface area (Å²) in [6.07, 6.45) is -29.1. The van der Waals surface area contributed by atoms with Gasteiger partial charge in [0.15, 0.2) is 0 Å². The molecule has 0 spiro atoms. The van der Waals surface area contributed by atoms with Crippen molar-refractivity contribution in [3.05, 3.63) is 24.3 Å². The van der Waals surface area contributed by atoms with Crippen LogP contribution in [-0.2, 0) is 23.8 Å². The van der Waals surface area contributed by atoms with Gasteiger partial charge in [-0.2, -0.15) is 52.7 Å². The zero-order valence-electron chi connectivity index (χ0n) is 24.5. The summed E-state index contributed by atoms with van der Waals surface area (Å²) in [6.45, 7) is 5.77. The van der Waals surface area contributed by atoms with Crippen molar-refractivity contribution >= 4 is 11.9 Å². The maximum Gasteiger partial charge on any atom is 0.426 e. The third kappa shape index (κ3) is 8.89. The van der Waals surface area contributed by atoms with Crippen LogP contribution in [0.25, 0.3) is 0 Å². The topological polar surface area (TPSA) is 82.1 Å². The van der Waals surface area contributed by atoms with Crippen LogP contribution in [-0.4, -0.2) is 72.3 Å². The Labute approximate surface area is 256 Å². The molecule has 0 heterocycles. The molecule has 0 atom stereocenters. The van der Waals surface area contributed by atoms with E-state index < -0.39 is 110 Å². The first-order chi connectivity index (χ1) is 20.8. The fraction of sp³-hybridized carbons (Fsp3) is 0.786. The number of esters is 2. The SMILES string of the molecule is C=C(C)C(=O)OC1CCC(C(OCC(=C)C(=O)OCC2CCC(CC(O)(C(F)(F)F)C(F)(F)F)CC2)(C(F)(F)F)C(F)(F)F)CC1. The van der Waals surface area contributed by atoms with Crippen LogP contribution in [0.15, 0.2) is 24.3 Å².